The Balaban J connectivity index is 2.91. The summed E-state index contributed by atoms with van der Waals surface area (Å²) in [6, 6.07) is 0. The first-order valence-corrected chi connectivity index (χ1v) is 2.44. The molecule has 1 N–H and O–H groups in total. The molecule has 0 unspecified atom stereocenters. The molecule has 0 aliphatic carbocycles. The van der Waals surface area contributed by atoms with Crippen molar-refractivity contribution >= 4 is 5.97 Å². The van der Waals surface area contributed by atoms with Crippen LogP contribution in [0.4, 0.5) is 0 Å². The van der Waals surface area contributed by atoms with Crippen molar-refractivity contribution in [3.8, 4) is 0 Å². The molecule has 0 saturated heterocycles. The van der Waals surface area contributed by atoms with E-state index in [0.717, 1.165) is 0 Å². The summed E-state index contributed by atoms with van der Waals surface area (Å²) in [4.78, 5) is 23.0. The van der Waals surface area contributed by atoms with Crippen LogP contribution >= 0.6 is 0 Å². The Kier molecular flexibility index (Phi) is 4.39. The third kappa shape index (κ3) is 6.87. The molecule has 0 bridgehead atoms. The van der Waals surface area contributed by atoms with E-state index in [1.54, 1.807) is 0 Å². The lowest BCUT2D eigenvalue weighted by molar-refractivity contribution is -0.137. The van der Waals surface area contributed by atoms with E-state index in [1.807, 2.05) is 0 Å². The minimum Gasteiger partial charge on any atom is -0.481 e. The van der Waals surface area contributed by atoms with Gasteiger partial charge < -0.3 is 9.94 Å². The molecule has 9 heavy (non-hydrogen) atoms. The predicted molar refractivity (Wildman–Crippen MR) is 28.6 cm³/mol. The highest BCUT2D eigenvalue weighted by Crippen LogP contribution is 1.88. The van der Waals surface area contributed by atoms with Crippen molar-refractivity contribution in [3.05, 3.63) is 4.91 Å². The van der Waals surface area contributed by atoms with Crippen molar-refractivity contribution in [2.45, 2.75) is 12.8 Å². The highest BCUT2D eigenvalue weighted by molar-refractivity contribution is 5.66. The minimum atomic E-state index is -0.899. The van der Waals surface area contributed by atoms with Gasteiger partial charge in [-0.05, 0) is 6.42 Å². The van der Waals surface area contributed by atoms with E-state index in [4.69, 9.17) is 5.11 Å². The van der Waals surface area contributed by atoms with Crippen LogP contribution in [0.25, 0.3) is 0 Å². The molecular formula is C4H7NO4. The largest absolute Gasteiger partial charge is 0.481 e. The monoisotopic (exact) mass is 133 g/mol. The van der Waals surface area contributed by atoms with Crippen LogP contribution in [0.3, 0.4) is 0 Å². The molecule has 52 valence electrons. The quantitative estimate of drug-likeness (QED) is 0.337. The van der Waals surface area contributed by atoms with Gasteiger partial charge in [-0.1, -0.05) is 0 Å². The maximum Gasteiger partial charge on any atom is 0.303 e. The molecule has 0 atom stereocenters. The SMILES string of the molecule is O=NOCCCC(=O)O. The van der Waals surface area contributed by atoms with E-state index >= 15 is 0 Å². The first kappa shape index (κ1) is 7.87. The molecule has 0 saturated carbocycles. The van der Waals surface area contributed by atoms with Gasteiger partial charge in [0.05, 0.1) is 0 Å². The Bertz CT molecular complexity index is 103. The van der Waals surface area contributed by atoms with Gasteiger partial charge in [0.2, 0.25) is 0 Å². The van der Waals surface area contributed by atoms with Crippen LogP contribution in [-0.4, -0.2) is 17.7 Å². The smallest absolute Gasteiger partial charge is 0.303 e. The van der Waals surface area contributed by atoms with E-state index in [9.17, 15) is 9.70 Å². The van der Waals surface area contributed by atoms with Gasteiger partial charge in [0.15, 0.2) is 5.34 Å². The summed E-state index contributed by atoms with van der Waals surface area (Å²) in [6.45, 7) is 0.0792. The highest BCUT2D eigenvalue weighted by atomic mass is 16.7. The summed E-state index contributed by atoms with van der Waals surface area (Å²) in [5.74, 6) is -0.899. The maximum absolute atomic E-state index is 9.80. The normalized spacial score (nSPS) is 8.44. The lowest BCUT2D eigenvalue weighted by Crippen LogP contribution is -1.96. The van der Waals surface area contributed by atoms with Crippen LogP contribution in [0.1, 0.15) is 12.8 Å². The molecule has 0 aliphatic rings. The average Bonchev–Trinajstić information content (AvgIpc) is 1.80. The van der Waals surface area contributed by atoms with Gasteiger partial charge >= 0.3 is 5.97 Å². The first-order chi connectivity index (χ1) is 4.27. The molecule has 0 heterocycles. The Hall–Kier alpha value is -1.13. The fraction of sp³-hybridized carbons (Fsp3) is 0.750. The number of nitrogens with zero attached hydrogens (tertiary/aromatic N) is 1. The van der Waals surface area contributed by atoms with Crippen molar-refractivity contribution in [2.75, 3.05) is 6.61 Å². The zero-order valence-electron chi connectivity index (χ0n) is 4.74. The highest BCUT2D eigenvalue weighted by Gasteiger charge is 1.94. The first-order valence-electron chi connectivity index (χ1n) is 2.44. The zero-order chi connectivity index (χ0) is 7.11. The molecule has 5 nitrogen and oxygen atoms in total. The van der Waals surface area contributed by atoms with Crippen LogP contribution in [-0.2, 0) is 9.63 Å². The van der Waals surface area contributed by atoms with E-state index in [0.29, 0.717) is 6.42 Å². The lowest BCUT2D eigenvalue weighted by Gasteiger charge is -1.90. The molecule has 0 radical (unpaired) electrons. The topological polar surface area (TPSA) is 76.0 Å². The van der Waals surface area contributed by atoms with E-state index in [1.165, 1.54) is 0 Å². The van der Waals surface area contributed by atoms with Crippen molar-refractivity contribution in [1.29, 1.82) is 0 Å². The van der Waals surface area contributed by atoms with Crippen LogP contribution in [0.2, 0.25) is 0 Å². The van der Waals surface area contributed by atoms with Crippen LogP contribution in [0, 0.1) is 4.91 Å². The van der Waals surface area contributed by atoms with E-state index in [-0.39, 0.29) is 13.0 Å². The Labute approximate surface area is 51.6 Å². The number of hydrogen-bond acceptors (Lipinski definition) is 4. The van der Waals surface area contributed by atoms with E-state index in [2.05, 4.69) is 10.2 Å². The summed E-state index contributed by atoms with van der Waals surface area (Å²) in [5, 5.41) is 10.1. The molecule has 5 heteroatoms. The Morgan fingerprint density at radius 3 is 2.78 bits per heavy atom. The van der Waals surface area contributed by atoms with Crippen molar-refractivity contribution < 1.29 is 14.7 Å². The third-order valence-corrected chi connectivity index (χ3v) is 0.679. The number of hydrogen-bond donors (Lipinski definition) is 1. The van der Waals surface area contributed by atoms with Gasteiger partial charge in [-0.25, -0.2) is 0 Å². The maximum atomic E-state index is 9.80. The number of carboxylic acid groups (broad SMARTS) is 1. The fourth-order valence-corrected chi connectivity index (χ4v) is 0.325. The van der Waals surface area contributed by atoms with Crippen LogP contribution in [0.5, 0.6) is 0 Å². The Morgan fingerprint density at radius 1 is 1.67 bits per heavy atom. The van der Waals surface area contributed by atoms with Gasteiger partial charge in [-0.2, -0.15) is 0 Å². The lowest BCUT2D eigenvalue weighted by atomic mass is 10.3. The van der Waals surface area contributed by atoms with Crippen molar-refractivity contribution in [3.63, 3.8) is 0 Å². The van der Waals surface area contributed by atoms with Gasteiger partial charge in [0.25, 0.3) is 0 Å². The van der Waals surface area contributed by atoms with Gasteiger partial charge in [-0.3, -0.25) is 4.79 Å². The molecule has 0 aromatic heterocycles. The average molecular weight is 133 g/mol. The van der Waals surface area contributed by atoms with Crippen LogP contribution in [0.15, 0.2) is 5.34 Å². The molecule has 0 aromatic carbocycles. The summed E-state index contributed by atoms with van der Waals surface area (Å²) in [7, 11) is 0. The second-order valence-corrected chi connectivity index (χ2v) is 1.41. The molecule has 0 aliphatic heterocycles. The minimum absolute atomic E-state index is 0.00944. The van der Waals surface area contributed by atoms with Gasteiger partial charge in [-0.15, -0.1) is 4.91 Å². The third-order valence-electron chi connectivity index (χ3n) is 0.679. The molecule has 0 spiro atoms. The molecular weight excluding hydrogens is 126 g/mol. The molecule has 0 rings (SSSR count). The number of rotatable bonds is 5. The summed E-state index contributed by atoms with van der Waals surface area (Å²) in [5.41, 5.74) is 0. The summed E-state index contributed by atoms with van der Waals surface area (Å²) < 4.78 is 0. The summed E-state index contributed by atoms with van der Waals surface area (Å²) in [6.07, 6.45) is 0.330. The van der Waals surface area contributed by atoms with Crippen molar-refractivity contribution in [1.82, 2.24) is 0 Å². The standard InChI is InChI=1S/C4H7NO4/c6-4(7)2-1-3-9-5-8/h1-3H2,(H,6,7). The summed E-state index contributed by atoms with van der Waals surface area (Å²) >= 11 is 0. The van der Waals surface area contributed by atoms with Gasteiger partial charge in [0, 0.05) is 6.42 Å². The molecule has 0 amide bonds. The number of carboxylic acids is 1. The molecule has 0 aromatic rings. The molecule has 0 fully saturated rings. The number of carbonyl (C=O) groups is 1. The number of aliphatic carboxylic acids is 1. The van der Waals surface area contributed by atoms with E-state index < -0.39 is 5.97 Å². The fourth-order valence-electron chi connectivity index (χ4n) is 0.325. The van der Waals surface area contributed by atoms with Crippen LogP contribution < -0.4 is 0 Å². The Morgan fingerprint density at radius 2 is 2.33 bits per heavy atom. The second-order valence-electron chi connectivity index (χ2n) is 1.41. The second kappa shape index (κ2) is 5.02. The predicted octanol–water partition coefficient (Wildman–Crippen LogP) is 0.549. The zero-order valence-corrected chi connectivity index (χ0v) is 4.74. The van der Waals surface area contributed by atoms with Crippen molar-refractivity contribution in [2.24, 2.45) is 5.34 Å². The van der Waals surface area contributed by atoms with Gasteiger partial charge in [0.1, 0.15) is 6.61 Å².